The average molecular weight is 691 g/mol. The maximum atomic E-state index is 6.67. The molecule has 0 N–H and O–H groups in total. The third-order valence-corrected chi connectivity index (χ3v) is 10.9. The number of hydrogen-bond donors (Lipinski definition) is 0. The second-order valence-corrected chi connectivity index (χ2v) is 14.7. The summed E-state index contributed by atoms with van der Waals surface area (Å²) in [7, 11) is -0.491. The molecule has 1 aliphatic heterocycles. The molecule has 256 valence electrons. The highest BCUT2D eigenvalue weighted by Crippen LogP contribution is 2.39. The van der Waals surface area contributed by atoms with Gasteiger partial charge in [-0.25, -0.2) is 15.0 Å². The Morgan fingerprint density at radius 1 is 0.509 bits per heavy atom. The van der Waals surface area contributed by atoms with Crippen LogP contribution in [0.5, 0.6) is 0 Å². The highest BCUT2D eigenvalue weighted by Gasteiger charge is 2.51. The fourth-order valence-corrected chi connectivity index (χ4v) is 7.42. The van der Waals surface area contributed by atoms with Crippen LogP contribution in [0, 0.1) is 0 Å². The number of fused-ring (bicyclic) bond motifs is 6. The maximum Gasteiger partial charge on any atom is 0.494 e. The molecule has 0 amide bonds. The summed E-state index contributed by atoms with van der Waals surface area (Å²) in [4.78, 5) is 15.3. The zero-order valence-electron chi connectivity index (χ0n) is 29.9. The van der Waals surface area contributed by atoms with Crippen molar-refractivity contribution >= 4 is 56.3 Å². The number of nitrogens with zero attached hydrogens (tertiary/aromatic N) is 4. The molecule has 7 nitrogen and oxygen atoms in total. The van der Waals surface area contributed by atoms with E-state index in [0.29, 0.717) is 23.1 Å². The van der Waals surface area contributed by atoms with E-state index in [-0.39, 0.29) is 0 Å². The van der Waals surface area contributed by atoms with E-state index in [9.17, 15) is 0 Å². The predicted molar refractivity (Wildman–Crippen MR) is 213 cm³/mol. The molecule has 4 heterocycles. The van der Waals surface area contributed by atoms with Gasteiger partial charge in [-0.05, 0) is 69.6 Å². The quantitative estimate of drug-likeness (QED) is 0.167. The molecule has 1 aliphatic rings. The molecule has 1 saturated heterocycles. The van der Waals surface area contributed by atoms with Crippen LogP contribution >= 0.6 is 0 Å². The Morgan fingerprint density at radius 3 is 1.91 bits per heavy atom. The molecule has 0 spiro atoms. The second-order valence-electron chi connectivity index (χ2n) is 14.7. The number of hydrogen-bond acceptors (Lipinski definition) is 6. The molecule has 53 heavy (non-hydrogen) atoms. The third kappa shape index (κ3) is 5.09. The fourth-order valence-electron chi connectivity index (χ4n) is 7.42. The molecule has 3 aromatic heterocycles. The van der Waals surface area contributed by atoms with Gasteiger partial charge < -0.3 is 18.3 Å². The Hall–Kier alpha value is -6.09. The minimum atomic E-state index is -0.491. The lowest BCUT2D eigenvalue weighted by molar-refractivity contribution is 0.00578. The lowest BCUT2D eigenvalue weighted by atomic mass is 9.79. The molecule has 0 unspecified atom stereocenters. The first-order chi connectivity index (χ1) is 25.7. The van der Waals surface area contributed by atoms with Gasteiger partial charge in [0.1, 0.15) is 11.2 Å². The van der Waals surface area contributed by atoms with Crippen LogP contribution in [-0.2, 0) is 9.31 Å². The van der Waals surface area contributed by atoms with Gasteiger partial charge in [-0.2, -0.15) is 0 Å². The van der Waals surface area contributed by atoms with Crippen molar-refractivity contribution in [2.45, 2.75) is 38.9 Å². The van der Waals surface area contributed by atoms with Crippen molar-refractivity contribution in [1.82, 2.24) is 19.5 Å². The van der Waals surface area contributed by atoms with Crippen molar-refractivity contribution in [2.75, 3.05) is 0 Å². The normalized spacial score (nSPS) is 15.3. The molecule has 9 aromatic rings. The first-order valence-electron chi connectivity index (χ1n) is 18.0. The molecule has 0 saturated carbocycles. The smallest absolute Gasteiger partial charge is 0.455 e. The molecule has 0 bridgehead atoms. The lowest BCUT2D eigenvalue weighted by Gasteiger charge is -2.32. The number of rotatable bonds is 5. The second kappa shape index (κ2) is 11.7. The minimum Gasteiger partial charge on any atom is -0.455 e. The third-order valence-electron chi connectivity index (χ3n) is 10.9. The first-order valence-corrected chi connectivity index (χ1v) is 18.0. The summed E-state index contributed by atoms with van der Waals surface area (Å²) in [5.74, 6) is 1.70. The van der Waals surface area contributed by atoms with E-state index in [0.717, 1.165) is 60.6 Å². The van der Waals surface area contributed by atoms with Crippen molar-refractivity contribution in [2.24, 2.45) is 0 Å². The van der Waals surface area contributed by atoms with Gasteiger partial charge in [0.25, 0.3) is 0 Å². The predicted octanol–water partition coefficient (Wildman–Crippen LogP) is 10.2. The van der Waals surface area contributed by atoms with Gasteiger partial charge in [0.05, 0.1) is 27.8 Å². The van der Waals surface area contributed by atoms with Crippen molar-refractivity contribution in [3.63, 3.8) is 0 Å². The van der Waals surface area contributed by atoms with Crippen molar-refractivity contribution < 1.29 is 13.7 Å². The van der Waals surface area contributed by atoms with E-state index in [1.54, 1.807) is 0 Å². The molecule has 0 atom stereocenters. The number of aromatic nitrogens is 4. The van der Waals surface area contributed by atoms with Gasteiger partial charge in [0, 0.05) is 38.4 Å². The lowest BCUT2D eigenvalue weighted by Crippen LogP contribution is -2.41. The molecule has 0 radical (unpaired) electrons. The van der Waals surface area contributed by atoms with Crippen molar-refractivity contribution in [3.05, 3.63) is 140 Å². The van der Waals surface area contributed by atoms with Gasteiger partial charge in [-0.3, -0.25) is 0 Å². The maximum absolute atomic E-state index is 6.67. The largest absolute Gasteiger partial charge is 0.494 e. The Bertz CT molecular complexity index is 2850. The summed E-state index contributed by atoms with van der Waals surface area (Å²) in [5, 5.41) is 4.34. The van der Waals surface area contributed by atoms with Crippen LogP contribution in [0.25, 0.3) is 83.6 Å². The van der Waals surface area contributed by atoms with Crippen LogP contribution in [0.4, 0.5) is 0 Å². The van der Waals surface area contributed by atoms with Crippen LogP contribution in [0.1, 0.15) is 27.7 Å². The number of benzene rings is 6. The van der Waals surface area contributed by atoms with Gasteiger partial charge in [-0.15, -0.1) is 0 Å². The van der Waals surface area contributed by atoms with E-state index < -0.39 is 18.3 Å². The molecule has 6 aromatic carbocycles. The highest BCUT2D eigenvalue weighted by atomic mass is 16.7. The molecular formula is C45H35BN4O3. The monoisotopic (exact) mass is 690 g/mol. The zero-order valence-corrected chi connectivity index (χ0v) is 29.9. The Kier molecular flexibility index (Phi) is 6.99. The van der Waals surface area contributed by atoms with E-state index in [1.165, 1.54) is 5.39 Å². The van der Waals surface area contributed by atoms with Gasteiger partial charge >= 0.3 is 7.12 Å². The van der Waals surface area contributed by atoms with Crippen LogP contribution in [0.3, 0.4) is 0 Å². The zero-order chi connectivity index (χ0) is 35.9. The number of para-hydroxylation sites is 3. The van der Waals surface area contributed by atoms with Gasteiger partial charge in [-0.1, -0.05) is 103 Å². The highest BCUT2D eigenvalue weighted by molar-refractivity contribution is 6.62. The van der Waals surface area contributed by atoms with Crippen LogP contribution in [0.2, 0.25) is 0 Å². The van der Waals surface area contributed by atoms with E-state index in [1.807, 2.05) is 54.6 Å². The summed E-state index contributed by atoms with van der Waals surface area (Å²) in [6, 6.07) is 47.8. The molecule has 10 rings (SSSR count). The summed E-state index contributed by atoms with van der Waals surface area (Å²) in [6.45, 7) is 8.25. The summed E-state index contributed by atoms with van der Waals surface area (Å²) in [5.41, 5.74) is 7.39. The van der Waals surface area contributed by atoms with Gasteiger partial charge in [0.2, 0.25) is 0 Å². The summed E-state index contributed by atoms with van der Waals surface area (Å²) < 4.78 is 21.7. The molecular weight excluding hydrogens is 655 g/mol. The molecule has 0 aliphatic carbocycles. The average Bonchev–Trinajstić information content (AvgIpc) is 3.80. The fraction of sp³-hybridized carbons (Fsp3) is 0.133. The molecule has 8 heteroatoms. The Balaban J connectivity index is 1.15. The minimum absolute atomic E-state index is 0.441. The number of furan rings is 1. The Morgan fingerprint density at radius 2 is 1.13 bits per heavy atom. The van der Waals surface area contributed by atoms with Crippen molar-refractivity contribution in [3.8, 4) is 39.9 Å². The summed E-state index contributed by atoms with van der Waals surface area (Å²) >= 11 is 0. The topological polar surface area (TPSA) is 75.2 Å². The van der Waals surface area contributed by atoms with Crippen molar-refractivity contribution in [1.29, 1.82) is 0 Å². The molecule has 1 fully saturated rings. The standard InChI is InChI=1S/C45H35BN4O3/c1-44(2)45(3,4)53-46(52-44)30-23-25-34-35-19-13-20-36(40(35)51-39(34)27-30)43-48-41(28-14-7-5-8-15-28)47-42(49-43)29-22-24-33-32-18-11-12-21-37(32)50(38(33)26-29)31-16-9-6-10-17-31/h5-27H,1-4H3. The van der Waals surface area contributed by atoms with E-state index >= 15 is 0 Å². The first kappa shape index (κ1) is 31.6. The SMILES string of the molecule is CC1(C)OB(c2ccc3c(c2)oc2c(-c4nc(-c5ccccc5)nc(-c5ccc6c7ccccc7n(-c7ccccc7)c6c5)n4)cccc23)OC1(C)C. The van der Waals surface area contributed by atoms with Crippen LogP contribution in [0.15, 0.2) is 144 Å². The van der Waals surface area contributed by atoms with Crippen LogP contribution < -0.4 is 5.46 Å². The van der Waals surface area contributed by atoms with Gasteiger partial charge in [0.15, 0.2) is 17.5 Å². The van der Waals surface area contributed by atoms with E-state index in [2.05, 4.69) is 117 Å². The summed E-state index contributed by atoms with van der Waals surface area (Å²) in [6.07, 6.45) is 0. The van der Waals surface area contributed by atoms with Crippen LogP contribution in [-0.4, -0.2) is 37.8 Å². The Labute approximate surface area is 307 Å². The van der Waals surface area contributed by atoms with E-state index in [4.69, 9.17) is 28.7 Å².